The van der Waals surface area contributed by atoms with Crippen LogP contribution in [0.15, 0.2) is 24.3 Å². The molecule has 106 valence electrons. The molecule has 0 amide bonds. The van der Waals surface area contributed by atoms with Gasteiger partial charge in [-0.05, 0) is 19.5 Å². The number of nitrogens with one attached hydrogen (secondary N) is 1. The van der Waals surface area contributed by atoms with Crippen LogP contribution >= 0.6 is 0 Å². The molecule has 0 heterocycles. The van der Waals surface area contributed by atoms with Crippen LogP contribution in [0.1, 0.15) is 17.2 Å². The van der Waals surface area contributed by atoms with Crippen LogP contribution in [0.4, 0.5) is 0 Å². The first-order valence-electron chi connectivity index (χ1n) is 5.89. The highest BCUT2D eigenvalue weighted by Crippen LogP contribution is 2.16. The van der Waals surface area contributed by atoms with E-state index < -0.39 is 21.6 Å². The first-order valence-corrected chi connectivity index (χ1v) is 7.71. The molecule has 0 radical (unpaired) electrons. The van der Waals surface area contributed by atoms with E-state index in [2.05, 4.69) is 10.1 Å². The summed E-state index contributed by atoms with van der Waals surface area (Å²) in [6.45, 7) is 1.96. The summed E-state index contributed by atoms with van der Waals surface area (Å²) >= 11 is 0. The van der Waals surface area contributed by atoms with E-state index in [0.717, 1.165) is 11.1 Å². The van der Waals surface area contributed by atoms with Crippen LogP contribution < -0.4 is 5.32 Å². The number of aryl methyl sites for hydroxylation is 1. The summed E-state index contributed by atoms with van der Waals surface area (Å²) < 4.78 is 28.1. The molecule has 6 heteroatoms. The van der Waals surface area contributed by atoms with E-state index in [-0.39, 0.29) is 11.8 Å². The molecule has 0 aliphatic heterocycles. The van der Waals surface area contributed by atoms with Crippen molar-refractivity contribution in [2.24, 2.45) is 0 Å². The molecular formula is C13H19NO4S. The maximum absolute atomic E-state index is 11.9. The minimum absolute atomic E-state index is 0.137. The van der Waals surface area contributed by atoms with E-state index >= 15 is 0 Å². The molecule has 1 N–H and O–H groups in total. The number of hydrogen-bond acceptors (Lipinski definition) is 5. The number of ether oxygens (including phenoxy) is 1. The molecule has 1 aromatic carbocycles. The van der Waals surface area contributed by atoms with Crippen molar-refractivity contribution in [1.82, 2.24) is 5.32 Å². The second-order valence-corrected chi connectivity index (χ2v) is 6.49. The van der Waals surface area contributed by atoms with Gasteiger partial charge in [0.15, 0.2) is 9.84 Å². The smallest absolute Gasteiger partial charge is 0.320 e. The highest BCUT2D eigenvalue weighted by Gasteiger charge is 2.22. The number of hydrogen-bond donors (Lipinski definition) is 1. The first-order chi connectivity index (χ1) is 8.88. The molecular weight excluding hydrogens is 266 g/mol. The fraction of sp³-hybridized carbons (Fsp3) is 0.462. The SMILES string of the molecule is CNC(CS(=O)(=O)CC(=O)OC)c1ccc(C)cc1. The zero-order valence-corrected chi connectivity index (χ0v) is 12.2. The Morgan fingerprint density at radius 2 is 1.89 bits per heavy atom. The Kier molecular flexibility index (Phi) is 5.50. The van der Waals surface area contributed by atoms with Gasteiger partial charge in [-0.2, -0.15) is 0 Å². The number of sulfone groups is 1. The van der Waals surface area contributed by atoms with Gasteiger partial charge in [-0.25, -0.2) is 8.42 Å². The lowest BCUT2D eigenvalue weighted by Gasteiger charge is -2.16. The Balaban J connectivity index is 2.82. The largest absolute Gasteiger partial charge is 0.468 e. The number of carbonyl (C=O) groups is 1. The van der Waals surface area contributed by atoms with E-state index in [9.17, 15) is 13.2 Å². The van der Waals surface area contributed by atoms with Crippen LogP contribution in [-0.2, 0) is 19.4 Å². The van der Waals surface area contributed by atoms with Crippen molar-refractivity contribution < 1.29 is 17.9 Å². The molecule has 0 spiro atoms. The molecule has 19 heavy (non-hydrogen) atoms. The standard InChI is InChI=1S/C13H19NO4S/c1-10-4-6-11(7-5-10)12(14-2)8-19(16,17)9-13(15)18-3/h4-7,12,14H,8-9H2,1-3H3. The zero-order valence-electron chi connectivity index (χ0n) is 11.3. The molecule has 0 saturated heterocycles. The van der Waals surface area contributed by atoms with Crippen LogP contribution in [0.25, 0.3) is 0 Å². The van der Waals surface area contributed by atoms with E-state index in [0.29, 0.717) is 0 Å². The van der Waals surface area contributed by atoms with E-state index in [1.807, 2.05) is 31.2 Å². The van der Waals surface area contributed by atoms with Gasteiger partial charge in [0.25, 0.3) is 0 Å². The minimum atomic E-state index is -3.50. The molecule has 0 saturated carbocycles. The predicted molar refractivity (Wildman–Crippen MR) is 73.6 cm³/mol. The Labute approximate surface area is 113 Å². The molecule has 0 bridgehead atoms. The number of benzene rings is 1. The lowest BCUT2D eigenvalue weighted by atomic mass is 10.1. The number of methoxy groups -OCH3 is 1. The van der Waals surface area contributed by atoms with Crippen molar-refractivity contribution in [3.63, 3.8) is 0 Å². The Bertz CT molecular complexity index is 522. The summed E-state index contributed by atoms with van der Waals surface area (Å²) in [6.07, 6.45) is 0. The molecule has 0 aliphatic rings. The molecule has 0 aromatic heterocycles. The van der Waals surface area contributed by atoms with Gasteiger partial charge in [-0.1, -0.05) is 29.8 Å². The third kappa shape index (κ3) is 5.00. The van der Waals surface area contributed by atoms with Crippen LogP contribution in [0.5, 0.6) is 0 Å². The highest BCUT2D eigenvalue weighted by molar-refractivity contribution is 7.92. The minimum Gasteiger partial charge on any atom is -0.468 e. The van der Waals surface area contributed by atoms with Crippen molar-refractivity contribution >= 4 is 15.8 Å². The lowest BCUT2D eigenvalue weighted by molar-refractivity contribution is -0.137. The third-order valence-corrected chi connectivity index (χ3v) is 4.33. The van der Waals surface area contributed by atoms with Crippen LogP contribution in [-0.4, -0.2) is 40.1 Å². The van der Waals surface area contributed by atoms with Crippen molar-refractivity contribution in [3.8, 4) is 0 Å². The van der Waals surface area contributed by atoms with E-state index in [1.54, 1.807) is 7.05 Å². The van der Waals surface area contributed by atoms with Crippen molar-refractivity contribution in [3.05, 3.63) is 35.4 Å². The third-order valence-electron chi connectivity index (χ3n) is 2.81. The summed E-state index contributed by atoms with van der Waals surface area (Å²) in [4.78, 5) is 11.1. The average Bonchev–Trinajstić information content (AvgIpc) is 2.36. The Hall–Kier alpha value is -1.40. The van der Waals surface area contributed by atoms with E-state index in [1.165, 1.54) is 7.11 Å². The predicted octanol–water partition coefficient (Wildman–Crippen LogP) is 0.843. The maximum atomic E-state index is 11.9. The zero-order chi connectivity index (χ0) is 14.5. The number of rotatable bonds is 6. The van der Waals surface area contributed by atoms with Gasteiger partial charge in [0.2, 0.25) is 0 Å². The first kappa shape index (κ1) is 15.7. The number of esters is 1. The molecule has 5 nitrogen and oxygen atoms in total. The number of carbonyl (C=O) groups excluding carboxylic acids is 1. The molecule has 1 rings (SSSR count). The molecule has 0 aliphatic carbocycles. The van der Waals surface area contributed by atoms with Gasteiger partial charge in [0.1, 0.15) is 5.75 Å². The normalized spacial score (nSPS) is 13.0. The molecule has 0 fully saturated rings. The quantitative estimate of drug-likeness (QED) is 0.784. The Morgan fingerprint density at radius 1 is 1.32 bits per heavy atom. The van der Waals surface area contributed by atoms with Crippen molar-refractivity contribution in [1.29, 1.82) is 0 Å². The molecule has 1 aromatic rings. The fourth-order valence-electron chi connectivity index (χ4n) is 1.70. The van der Waals surface area contributed by atoms with Gasteiger partial charge < -0.3 is 10.1 Å². The topological polar surface area (TPSA) is 72.5 Å². The van der Waals surface area contributed by atoms with Crippen molar-refractivity contribution in [2.45, 2.75) is 13.0 Å². The van der Waals surface area contributed by atoms with Gasteiger partial charge in [0, 0.05) is 6.04 Å². The summed E-state index contributed by atoms with van der Waals surface area (Å²) in [5, 5.41) is 2.95. The average molecular weight is 285 g/mol. The summed E-state index contributed by atoms with van der Waals surface area (Å²) in [7, 11) is -0.633. The van der Waals surface area contributed by atoms with Crippen LogP contribution in [0.2, 0.25) is 0 Å². The van der Waals surface area contributed by atoms with Crippen LogP contribution in [0, 0.1) is 6.92 Å². The van der Waals surface area contributed by atoms with Gasteiger partial charge in [-0.15, -0.1) is 0 Å². The maximum Gasteiger partial charge on any atom is 0.320 e. The summed E-state index contributed by atoms with van der Waals surface area (Å²) in [5.41, 5.74) is 1.98. The summed E-state index contributed by atoms with van der Waals surface area (Å²) in [6, 6.07) is 7.27. The van der Waals surface area contributed by atoms with Crippen LogP contribution in [0.3, 0.4) is 0 Å². The molecule has 1 atom stereocenters. The second-order valence-electron chi connectivity index (χ2n) is 4.38. The molecule has 1 unspecified atom stereocenters. The lowest BCUT2D eigenvalue weighted by Crippen LogP contribution is -2.29. The highest BCUT2D eigenvalue weighted by atomic mass is 32.2. The monoisotopic (exact) mass is 285 g/mol. The van der Waals surface area contributed by atoms with E-state index in [4.69, 9.17) is 0 Å². The second kappa shape index (κ2) is 6.68. The van der Waals surface area contributed by atoms with Crippen molar-refractivity contribution in [2.75, 3.05) is 25.7 Å². The fourth-order valence-corrected chi connectivity index (χ4v) is 3.16. The summed E-state index contributed by atoms with van der Waals surface area (Å²) in [5.74, 6) is -1.46. The van der Waals surface area contributed by atoms with Gasteiger partial charge in [0.05, 0.1) is 12.9 Å². The van der Waals surface area contributed by atoms with Gasteiger partial charge >= 0.3 is 5.97 Å². The Morgan fingerprint density at radius 3 is 2.37 bits per heavy atom. The van der Waals surface area contributed by atoms with Gasteiger partial charge in [-0.3, -0.25) is 4.79 Å².